The van der Waals surface area contributed by atoms with Crippen molar-refractivity contribution in [2.24, 2.45) is 5.92 Å². The molecule has 3 heterocycles. The molecule has 2 fully saturated rings. The predicted octanol–water partition coefficient (Wildman–Crippen LogP) is 1.92. The SMILES string of the molecule is Clc1ccnc(CN2C[C@@H]3CCCN[C@@H]3C2)c1. The first-order chi connectivity index (χ1) is 8.31. The molecule has 0 spiro atoms. The van der Waals surface area contributed by atoms with Crippen LogP contribution in [0.2, 0.25) is 5.02 Å². The van der Waals surface area contributed by atoms with Gasteiger partial charge in [-0.1, -0.05) is 11.6 Å². The maximum Gasteiger partial charge on any atom is 0.0558 e. The molecule has 2 saturated heterocycles. The van der Waals surface area contributed by atoms with Crippen LogP contribution in [0, 0.1) is 5.92 Å². The minimum Gasteiger partial charge on any atom is -0.312 e. The highest BCUT2D eigenvalue weighted by atomic mass is 35.5. The fraction of sp³-hybridized carbons (Fsp3) is 0.615. The van der Waals surface area contributed by atoms with E-state index >= 15 is 0 Å². The Balaban J connectivity index is 1.63. The molecular weight excluding hydrogens is 234 g/mol. The zero-order valence-corrected chi connectivity index (χ0v) is 10.7. The summed E-state index contributed by atoms with van der Waals surface area (Å²) in [5, 5.41) is 4.40. The van der Waals surface area contributed by atoms with Crippen LogP contribution >= 0.6 is 11.6 Å². The van der Waals surface area contributed by atoms with Gasteiger partial charge >= 0.3 is 0 Å². The number of pyridine rings is 1. The molecule has 17 heavy (non-hydrogen) atoms. The zero-order valence-electron chi connectivity index (χ0n) is 9.90. The number of halogens is 1. The highest BCUT2D eigenvalue weighted by Gasteiger charge is 2.33. The molecule has 1 aromatic rings. The summed E-state index contributed by atoms with van der Waals surface area (Å²) in [7, 11) is 0. The van der Waals surface area contributed by atoms with E-state index in [1.54, 1.807) is 6.20 Å². The van der Waals surface area contributed by atoms with E-state index in [0.717, 1.165) is 29.7 Å². The zero-order chi connectivity index (χ0) is 11.7. The maximum absolute atomic E-state index is 5.98. The number of hydrogen-bond donors (Lipinski definition) is 1. The third kappa shape index (κ3) is 2.62. The molecule has 0 radical (unpaired) electrons. The third-order valence-corrected chi connectivity index (χ3v) is 4.07. The second-order valence-electron chi connectivity index (χ2n) is 5.12. The van der Waals surface area contributed by atoms with Crippen LogP contribution in [0.25, 0.3) is 0 Å². The monoisotopic (exact) mass is 251 g/mol. The molecule has 2 aliphatic rings. The first-order valence-electron chi connectivity index (χ1n) is 6.37. The fourth-order valence-electron chi connectivity index (χ4n) is 3.03. The quantitative estimate of drug-likeness (QED) is 0.871. The molecule has 92 valence electrons. The lowest BCUT2D eigenvalue weighted by Crippen LogP contribution is -2.40. The van der Waals surface area contributed by atoms with E-state index in [1.807, 2.05) is 12.1 Å². The average Bonchev–Trinajstić information content (AvgIpc) is 2.71. The highest BCUT2D eigenvalue weighted by Crippen LogP contribution is 2.25. The molecule has 4 heteroatoms. The van der Waals surface area contributed by atoms with E-state index in [-0.39, 0.29) is 0 Å². The summed E-state index contributed by atoms with van der Waals surface area (Å²) < 4.78 is 0. The van der Waals surface area contributed by atoms with Gasteiger partial charge in [-0.25, -0.2) is 0 Å². The molecule has 0 aliphatic carbocycles. The van der Waals surface area contributed by atoms with E-state index in [4.69, 9.17) is 11.6 Å². The van der Waals surface area contributed by atoms with Gasteiger partial charge in [-0.3, -0.25) is 9.88 Å². The number of likely N-dealkylation sites (tertiary alicyclic amines) is 1. The van der Waals surface area contributed by atoms with Crippen LogP contribution in [0.5, 0.6) is 0 Å². The van der Waals surface area contributed by atoms with Gasteiger partial charge in [-0.2, -0.15) is 0 Å². The lowest BCUT2D eigenvalue weighted by atomic mass is 9.94. The van der Waals surface area contributed by atoms with Crippen LogP contribution in [0.15, 0.2) is 18.3 Å². The van der Waals surface area contributed by atoms with Crippen molar-refractivity contribution in [2.75, 3.05) is 19.6 Å². The maximum atomic E-state index is 5.98. The summed E-state index contributed by atoms with van der Waals surface area (Å²) in [6.07, 6.45) is 4.49. The molecule has 0 unspecified atom stereocenters. The van der Waals surface area contributed by atoms with Crippen LogP contribution in [0.1, 0.15) is 18.5 Å². The molecule has 1 N–H and O–H groups in total. The van der Waals surface area contributed by atoms with Crippen LogP contribution < -0.4 is 5.32 Å². The number of rotatable bonds is 2. The Morgan fingerprint density at radius 3 is 3.24 bits per heavy atom. The molecule has 1 aromatic heterocycles. The summed E-state index contributed by atoms with van der Waals surface area (Å²) in [4.78, 5) is 6.87. The molecule has 0 saturated carbocycles. The molecule has 0 aromatic carbocycles. The van der Waals surface area contributed by atoms with E-state index in [0.29, 0.717) is 6.04 Å². The summed E-state index contributed by atoms with van der Waals surface area (Å²) in [5.41, 5.74) is 1.08. The Bertz CT molecular complexity index is 382. The Morgan fingerprint density at radius 1 is 1.47 bits per heavy atom. The van der Waals surface area contributed by atoms with Gasteiger partial charge in [0.15, 0.2) is 0 Å². The summed E-state index contributed by atoms with van der Waals surface area (Å²) in [6, 6.07) is 4.50. The predicted molar refractivity (Wildman–Crippen MR) is 69.0 cm³/mol. The Morgan fingerprint density at radius 2 is 2.41 bits per heavy atom. The van der Waals surface area contributed by atoms with Crippen LogP contribution in [-0.2, 0) is 6.54 Å². The van der Waals surface area contributed by atoms with Gasteiger partial charge in [0, 0.05) is 36.9 Å². The number of aromatic nitrogens is 1. The lowest BCUT2D eigenvalue weighted by molar-refractivity contribution is 0.309. The number of hydrogen-bond acceptors (Lipinski definition) is 3. The summed E-state index contributed by atoms with van der Waals surface area (Å²) in [5.74, 6) is 0.836. The molecule has 0 bridgehead atoms. The van der Waals surface area contributed by atoms with E-state index in [9.17, 15) is 0 Å². The summed E-state index contributed by atoms with van der Waals surface area (Å²) in [6.45, 7) is 4.46. The van der Waals surface area contributed by atoms with Gasteiger partial charge in [0.05, 0.1) is 5.69 Å². The molecule has 3 rings (SSSR count). The van der Waals surface area contributed by atoms with E-state index in [2.05, 4.69) is 15.2 Å². The largest absolute Gasteiger partial charge is 0.312 e. The number of nitrogens with zero attached hydrogens (tertiary/aromatic N) is 2. The molecule has 0 amide bonds. The van der Waals surface area contributed by atoms with Gasteiger partial charge in [0.1, 0.15) is 0 Å². The highest BCUT2D eigenvalue weighted by molar-refractivity contribution is 6.30. The smallest absolute Gasteiger partial charge is 0.0558 e. The van der Waals surface area contributed by atoms with Crippen molar-refractivity contribution in [1.82, 2.24) is 15.2 Å². The van der Waals surface area contributed by atoms with E-state index in [1.165, 1.54) is 25.9 Å². The van der Waals surface area contributed by atoms with Crippen molar-refractivity contribution in [3.63, 3.8) is 0 Å². The lowest BCUT2D eigenvalue weighted by Gasteiger charge is -2.24. The van der Waals surface area contributed by atoms with Crippen molar-refractivity contribution >= 4 is 11.6 Å². The Hall–Kier alpha value is -0.640. The van der Waals surface area contributed by atoms with Crippen molar-refractivity contribution in [2.45, 2.75) is 25.4 Å². The molecule has 3 nitrogen and oxygen atoms in total. The van der Waals surface area contributed by atoms with Gasteiger partial charge in [0.2, 0.25) is 0 Å². The number of nitrogens with one attached hydrogen (secondary N) is 1. The minimum absolute atomic E-state index is 0.697. The molecule has 2 atom stereocenters. The van der Waals surface area contributed by atoms with Crippen LogP contribution in [-0.4, -0.2) is 35.6 Å². The van der Waals surface area contributed by atoms with Crippen molar-refractivity contribution in [3.8, 4) is 0 Å². The normalized spacial score (nSPS) is 29.2. The standard InChI is InChI=1S/C13H18ClN3/c14-11-3-5-15-12(6-11)8-17-7-10-2-1-4-16-13(10)9-17/h3,5-6,10,13,16H,1-2,4,7-9H2/t10-,13+/m0/s1. The first kappa shape index (κ1) is 11.5. The number of piperidine rings is 1. The average molecular weight is 252 g/mol. The Labute approximate surface area is 107 Å². The van der Waals surface area contributed by atoms with E-state index < -0.39 is 0 Å². The second-order valence-corrected chi connectivity index (χ2v) is 5.56. The topological polar surface area (TPSA) is 28.2 Å². The molecule has 2 aliphatic heterocycles. The van der Waals surface area contributed by atoms with Gasteiger partial charge < -0.3 is 5.32 Å². The van der Waals surface area contributed by atoms with Crippen molar-refractivity contribution in [3.05, 3.63) is 29.0 Å². The van der Waals surface area contributed by atoms with Gasteiger partial charge in [-0.05, 0) is 37.4 Å². The van der Waals surface area contributed by atoms with Crippen molar-refractivity contribution in [1.29, 1.82) is 0 Å². The van der Waals surface area contributed by atoms with Gasteiger partial charge in [-0.15, -0.1) is 0 Å². The first-order valence-corrected chi connectivity index (χ1v) is 6.75. The van der Waals surface area contributed by atoms with Gasteiger partial charge in [0.25, 0.3) is 0 Å². The third-order valence-electron chi connectivity index (χ3n) is 3.84. The van der Waals surface area contributed by atoms with Crippen LogP contribution in [0.3, 0.4) is 0 Å². The Kier molecular flexibility index (Phi) is 3.32. The second kappa shape index (κ2) is 4.92. The fourth-order valence-corrected chi connectivity index (χ4v) is 3.21. The molecular formula is C13H18ClN3. The minimum atomic E-state index is 0.697. The summed E-state index contributed by atoms with van der Waals surface area (Å²) >= 11 is 5.98. The van der Waals surface area contributed by atoms with Crippen molar-refractivity contribution < 1.29 is 0 Å². The number of fused-ring (bicyclic) bond motifs is 1. The van der Waals surface area contributed by atoms with Crippen LogP contribution in [0.4, 0.5) is 0 Å².